The summed E-state index contributed by atoms with van der Waals surface area (Å²) in [4.78, 5) is 4.94. The van der Waals surface area contributed by atoms with Crippen LogP contribution in [0.5, 0.6) is 5.75 Å². The molecule has 1 unspecified atom stereocenters. The third-order valence-electron chi connectivity index (χ3n) is 6.03. The largest absolute Gasteiger partial charge is 0.491 e. The van der Waals surface area contributed by atoms with E-state index in [0.717, 1.165) is 28.2 Å². The van der Waals surface area contributed by atoms with Crippen molar-refractivity contribution < 1.29 is 9.84 Å². The second-order valence-electron chi connectivity index (χ2n) is 8.07. The van der Waals surface area contributed by atoms with Gasteiger partial charge in [-0.25, -0.2) is 4.98 Å². The average molecular weight is 415 g/mol. The lowest BCUT2D eigenvalue weighted by Crippen LogP contribution is -2.25. The Hall–Kier alpha value is -2.04. The van der Waals surface area contributed by atoms with Crippen LogP contribution in [0.15, 0.2) is 42.5 Å². The van der Waals surface area contributed by atoms with Gasteiger partial charge >= 0.3 is 0 Å². The minimum atomic E-state index is -0.583. The first-order chi connectivity index (χ1) is 13.6. The van der Waals surface area contributed by atoms with E-state index in [0.29, 0.717) is 12.5 Å². The van der Waals surface area contributed by atoms with Crippen molar-refractivity contribution in [2.75, 3.05) is 6.61 Å². The fraction of sp³-hybridized carbons (Fsp3) is 0.458. The molecular formula is C24H31ClN2O2. The lowest BCUT2D eigenvalue weighted by molar-refractivity contribution is 0.0918. The van der Waals surface area contributed by atoms with Crippen LogP contribution in [-0.2, 0) is 6.54 Å². The molecule has 4 rings (SSSR count). The molecule has 1 aliphatic rings. The molecule has 3 aromatic rings. The molecule has 1 saturated carbocycles. The smallest absolute Gasteiger partial charge is 0.122 e. The van der Waals surface area contributed by atoms with Gasteiger partial charge in [0.1, 0.15) is 24.3 Å². The molecule has 0 spiro atoms. The van der Waals surface area contributed by atoms with Crippen LogP contribution in [0.3, 0.4) is 0 Å². The van der Waals surface area contributed by atoms with Crippen LogP contribution in [0.2, 0.25) is 0 Å². The normalized spacial score (nSPS) is 15.8. The number of rotatable bonds is 6. The first-order valence-electron chi connectivity index (χ1n) is 10.5. The molecule has 1 aromatic heterocycles. The van der Waals surface area contributed by atoms with Gasteiger partial charge in [0.25, 0.3) is 0 Å². The van der Waals surface area contributed by atoms with E-state index in [1.807, 2.05) is 24.3 Å². The lowest BCUT2D eigenvalue weighted by Gasteiger charge is -2.23. The van der Waals surface area contributed by atoms with E-state index in [2.05, 4.69) is 36.6 Å². The van der Waals surface area contributed by atoms with Crippen LogP contribution in [0.25, 0.3) is 11.0 Å². The summed E-state index contributed by atoms with van der Waals surface area (Å²) in [6, 6.07) is 14.3. The highest BCUT2D eigenvalue weighted by atomic mass is 35.5. The number of fused-ring (bicyclic) bond motifs is 1. The highest BCUT2D eigenvalue weighted by molar-refractivity contribution is 5.85. The number of para-hydroxylation sites is 2. The fourth-order valence-corrected chi connectivity index (χ4v) is 4.29. The SMILES string of the molecule is Cc1cccc(OCC(O)Cn2c(C3CCCCC3)nc3ccccc32)c1C.Cl. The van der Waals surface area contributed by atoms with E-state index in [1.54, 1.807) is 0 Å². The molecule has 1 N–H and O–H groups in total. The summed E-state index contributed by atoms with van der Waals surface area (Å²) in [6.07, 6.45) is 5.66. The van der Waals surface area contributed by atoms with Crippen molar-refractivity contribution in [1.29, 1.82) is 0 Å². The van der Waals surface area contributed by atoms with Gasteiger partial charge in [-0.2, -0.15) is 0 Å². The van der Waals surface area contributed by atoms with Gasteiger partial charge in [0, 0.05) is 5.92 Å². The summed E-state index contributed by atoms with van der Waals surface area (Å²) in [5, 5.41) is 10.8. The maximum atomic E-state index is 10.8. The van der Waals surface area contributed by atoms with E-state index in [4.69, 9.17) is 9.72 Å². The van der Waals surface area contributed by atoms with Gasteiger partial charge in [0.15, 0.2) is 0 Å². The zero-order valence-corrected chi connectivity index (χ0v) is 18.1. The molecule has 29 heavy (non-hydrogen) atoms. The van der Waals surface area contributed by atoms with Gasteiger partial charge in [-0.1, -0.05) is 43.5 Å². The van der Waals surface area contributed by atoms with Crippen molar-refractivity contribution in [3.8, 4) is 5.75 Å². The monoisotopic (exact) mass is 414 g/mol. The van der Waals surface area contributed by atoms with Crippen LogP contribution in [0.1, 0.15) is 55.0 Å². The molecule has 0 bridgehead atoms. The van der Waals surface area contributed by atoms with Crippen LogP contribution < -0.4 is 4.74 Å². The number of nitrogens with zero attached hydrogens (tertiary/aromatic N) is 2. The molecule has 0 saturated heterocycles. The summed E-state index contributed by atoms with van der Waals surface area (Å²) >= 11 is 0. The Morgan fingerprint density at radius 2 is 1.83 bits per heavy atom. The van der Waals surface area contributed by atoms with E-state index < -0.39 is 6.10 Å². The van der Waals surface area contributed by atoms with Crippen molar-refractivity contribution >= 4 is 23.4 Å². The maximum absolute atomic E-state index is 10.8. The number of aliphatic hydroxyl groups excluding tert-OH is 1. The van der Waals surface area contributed by atoms with Gasteiger partial charge in [-0.3, -0.25) is 0 Å². The van der Waals surface area contributed by atoms with Gasteiger partial charge in [-0.15, -0.1) is 12.4 Å². The highest BCUT2D eigenvalue weighted by Gasteiger charge is 2.23. The number of benzene rings is 2. The lowest BCUT2D eigenvalue weighted by atomic mass is 9.88. The quantitative estimate of drug-likeness (QED) is 0.574. The Morgan fingerprint density at radius 3 is 2.62 bits per heavy atom. The van der Waals surface area contributed by atoms with Crippen molar-refractivity contribution in [3.05, 3.63) is 59.4 Å². The van der Waals surface area contributed by atoms with E-state index in [1.165, 1.54) is 37.7 Å². The zero-order valence-electron chi connectivity index (χ0n) is 17.3. The summed E-state index contributed by atoms with van der Waals surface area (Å²) in [5.74, 6) is 2.47. The third kappa shape index (κ3) is 4.76. The Labute approximate surface area is 179 Å². The first kappa shape index (κ1) is 21.7. The van der Waals surface area contributed by atoms with Crippen molar-refractivity contribution in [3.63, 3.8) is 0 Å². The highest BCUT2D eigenvalue weighted by Crippen LogP contribution is 2.34. The molecule has 0 aliphatic heterocycles. The van der Waals surface area contributed by atoms with E-state index in [9.17, 15) is 5.11 Å². The van der Waals surface area contributed by atoms with Gasteiger partial charge in [0.2, 0.25) is 0 Å². The van der Waals surface area contributed by atoms with Crippen molar-refractivity contribution in [2.45, 2.75) is 64.5 Å². The Kier molecular flexibility index (Phi) is 7.20. The average Bonchev–Trinajstić information content (AvgIpc) is 3.08. The Balaban J connectivity index is 0.00000240. The molecular weight excluding hydrogens is 384 g/mol. The second kappa shape index (κ2) is 9.64. The number of ether oxygens (including phenoxy) is 1. The minimum Gasteiger partial charge on any atom is -0.491 e. The number of aliphatic hydroxyl groups is 1. The predicted molar refractivity (Wildman–Crippen MR) is 120 cm³/mol. The number of halogens is 1. The molecule has 1 atom stereocenters. The van der Waals surface area contributed by atoms with Gasteiger partial charge < -0.3 is 14.4 Å². The van der Waals surface area contributed by atoms with Crippen LogP contribution >= 0.6 is 12.4 Å². The second-order valence-corrected chi connectivity index (χ2v) is 8.07. The number of aromatic nitrogens is 2. The molecule has 1 aliphatic carbocycles. The van der Waals surface area contributed by atoms with E-state index in [-0.39, 0.29) is 19.0 Å². The van der Waals surface area contributed by atoms with Gasteiger partial charge in [-0.05, 0) is 56.0 Å². The summed E-state index contributed by atoms with van der Waals surface area (Å²) in [6.45, 7) is 4.92. The fourth-order valence-electron chi connectivity index (χ4n) is 4.29. The van der Waals surface area contributed by atoms with E-state index >= 15 is 0 Å². The third-order valence-corrected chi connectivity index (χ3v) is 6.03. The standard InChI is InChI=1S/C24H30N2O2.ClH/c1-17-9-8-14-23(18(17)2)28-16-20(27)15-26-22-13-7-6-12-21(22)25-24(26)19-10-4-3-5-11-19;/h6-9,12-14,19-20,27H,3-5,10-11,15-16H2,1-2H3;1H. The molecule has 0 amide bonds. The number of aryl methyl sites for hydroxylation is 1. The number of hydrogen-bond donors (Lipinski definition) is 1. The molecule has 5 heteroatoms. The first-order valence-corrected chi connectivity index (χ1v) is 10.5. The topological polar surface area (TPSA) is 47.3 Å². The predicted octanol–water partition coefficient (Wildman–Crippen LogP) is 5.56. The molecule has 1 heterocycles. The van der Waals surface area contributed by atoms with Crippen LogP contribution in [-0.4, -0.2) is 27.4 Å². The molecule has 1 fully saturated rings. The Morgan fingerprint density at radius 1 is 1.07 bits per heavy atom. The molecule has 0 radical (unpaired) electrons. The number of hydrogen-bond acceptors (Lipinski definition) is 3. The minimum absolute atomic E-state index is 0. The molecule has 156 valence electrons. The molecule has 2 aromatic carbocycles. The number of imidazole rings is 1. The van der Waals surface area contributed by atoms with Crippen LogP contribution in [0.4, 0.5) is 0 Å². The molecule has 4 nitrogen and oxygen atoms in total. The van der Waals surface area contributed by atoms with Crippen LogP contribution in [0, 0.1) is 13.8 Å². The van der Waals surface area contributed by atoms with Gasteiger partial charge in [0.05, 0.1) is 17.6 Å². The van der Waals surface area contributed by atoms with Crippen molar-refractivity contribution in [2.24, 2.45) is 0 Å². The summed E-state index contributed by atoms with van der Waals surface area (Å²) in [7, 11) is 0. The summed E-state index contributed by atoms with van der Waals surface area (Å²) < 4.78 is 8.17. The summed E-state index contributed by atoms with van der Waals surface area (Å²) in [5.41, 5.74) is 4.46. The Bertz CT molecular complexity index is 947. The maximum Gasteiger partial charge on any atom is 0.122 e. The van der Waals surface area contributed by atoms with Crippen molar-refractivity contribution in [1.82, 2.24) is 9.55 Å². The zero-order chi connectivity index (χ0) is 19.5.